The molecular weight excluding hydrogens is 398 g/mol. The summed E-state index contributed by atoms with van der Waals surface area (Å²) in [6, 6.07) is 6.34. The van der Waals surface area contributed by atoms with E-state index in [0.29, 0.717) is 19.8 Å². The van der Waals surface area contributed by atoms with Crippen LogP contribution in [-0.2, 0) is 9.53 Å². The van der Waals surface area contributed by atoms with Gasteiger partial charge in [0.25, 0.3) is 0 Å². The van der Waals surface area contributed by atoms with Crippen molar-refractivity contribution in [3.63, 3.8) is 0 Å². The third-order valence-electron chi connectivity index (χ3n) is 6.09. The van der Waals surface area contributed by atoms with Crippen LogP contribution in [0.5, 0.6) is 0 Å². The molecule has 1 aromatic rings. The molecule has 0 bridgehead atoms. The molecule has 1 aromatic carbocycles. The fourth-order valence-electron chi connectivity index (χ4n) is 4.75. The van der Waals surface area contributed by atoms with E-state index in [-0.39, 0.29) is 30.5 Å². The van der Waals surface area contributed by atoms with Crippen LogP contribution >= 0.6 is 15.9 Å². The lowest BCUT2D eigenvalue weighted by Crippen LogP contribution is -2.50. The Bertz CT molecular complexity index is 680. The van der Waals surface area contributed by atoms with Gasteiger partial charge >= 0.3 is 0 Å². The number of amides is 1. The molecule has 0 aromatic heterocycles. The fourth-order valence-corrected chi connectivity index (χ4v) is 5.12. The van der Waals surface area contributed by atoms with Gasteiger partial charge in [0.15, 0.2) is 0 Å². The number of ether oxygens (including phenoxy) is 1. The zero-order chi connectivity index (χ0) is 18.3. The molecule has 26 heavy (non-hydrogen) atoms. The number of hydrogen-bond donors (Lipinski definition) is 1. The molecule has 3 aliphatic rings. The lowest BCUT2D eigenvalue weighted by molar-refractivity contribution is -0.135. The van der Waals surface area contributed by atoms with E-state index in [4.69, 9.17) is 4.74 Å². The number of benzene rings is 1. The Morgan fingerprint density at radius 1 is 1.31 bits per heavy atom. The first-order valence-electron chi connectivity index (χ1n) is 9.33. The molecule has 1 amide bonds. The van der Waals surface area contributed by atoms with Crippen molar-refractivity contribution >= 4 is 27.5 Å². The van der Waals surface area contributed by atoms with E-state index in [0.717, 1.165) is 36.2 Å². The predicted molar refractivity (Wildman–Crippen MR) is 103 cm³/mol. The number of likely N-dealkylation sites (N-methyl/N-ethyl adjacent to an activating group) is 1. The number of anilines is 1. The van der Waals surface area contributed by atoms with Crippen LogP contribution in [0.2, 0.25) is 0 Å². The Balaban J connectivity index is 1.62. The molecule has 0 radical (unpaired) electrons. The number of rotatable bonds is 3. The van der Waals surface area contributed by atoms with Crippen molar-refractivity contribution in [2.45, 2.75) is 18.5 Å². The van der Waals surface area contributed by atoms with Crippen LogP contribution in [0.4, 0.5) is 5.69 Å². The normalized spacial score (nSPS) is 28.8. The summed E-state index contributed by atoms with van der Waals surface area (Å²) >= 11 is 3.58. The molecule has 2 fully saturated rings. The minimum atomic E-state index is 0.0457. The lowest BCUT2D eigenvalue weighted by atomic mass is 9.82. The summed E-state index contributed by atoms with van der Waals surface area (Å²) in [5.41, 5.74) is 2.30. The Labute approximate surface area is 162 Å². The highest BCUT2D eigenvalue weighted by atomic mass is 79.9. The van der Waals surface area contributed by atoms with E-state index in [2.05, 4.69) is 37.9 Å². The van der Waals surface area contributed by atoms with Crippen molar-refractivity contribution in [3.8, 4) is 0 Å². The maximum atomic E-state index is 13.1. The van der Waals surface area contributed by atoms with Gasteiger partial charge in [0.1, 0.15) is 0 Å². The van der Waals surface area contributed by atoms with Gasteiger partial charge in [0.2, 0.25) is 5.91 Å². The monoisotopic (exact) mass is 423 g/mol. The first-order chi connectivity index (χ1) is 12.6. The lowest BCUT2D eigenvalue weighted by Gasteiger charge is -2.44. The van der Waals surface area contributed by atoms with Gasteiger partial charge in [-0.05, 0) is 30.2 Å². The van der Waals surface area contributed by atoms with Gasteiger partial charge in [-0.1, -0.05) is 15.9 Å². The Hall–Kier alpha value is -1.15. The average Bonchev–Trinajstić information content (AvgIpc) is 3.08. The van der Waals surface area contributed by atoms with Gasteiger partial charge in [-0.2, -0.15) is 0 Å². The maximum Gasteiger partial charge on any atom is 0.237 e. The molecule has 142 valence electrons. The number of carbonyl (C=O) groups excluding carboxylic acids is 1. The minimum absolute atomic E-state index is 0.0457. The predicted octanol–water partition coefficient (Wildman–Crippen LogP) is 1.48. The number of morpholine rings is 1. The van der Waals surface area contributed by atoms with E-state index >= 15 is 0 Å². The molecule has 3 aliphatic heterocycles. The standard InChI is InChI=1S/C19H26BrN3O3/c1-21-16-3-2-13(20)10-15(16)19-14(17(21)12-24)4-5-23(19)18(25)11-22-6-8-26-9-7-22/h2-3,10,14,17,19,24H,4-9,11-12H2,1H3/t14-,17+,19-/m0/s1. The second-order valence-corrected chi connectivity index (χ2v) is 8.35. The zero-order valence-electron chi connectivity index (χ0n) is 15.1. The molecule has 7 heteroatoms. The Morgan fingerprint density at radius 3 is 2.81 bits per heavy atom. The van der Waals surface area contributed by atoms with E-state index in [9.17, 15) is 9.90 Å². The quantitative estimate of drug-likeness (QED) is 0.797. The van der Waals surface area contributed by atoms with E-state index in [1.165, 1.54) is 5.56 Å². The highest BCUT2D eigenvalue weighted by molar-refractivity contribution is 9.10. The third kappa shape index (κ3) is 3.15. The molecule has 3 atom stereocenters. The van der Waals surface area contributed by atoms with Crippen LogP contribution in [0.25, 0.3) is 0 Å². The molecule has 6 nitrogen and oxygen atoms in total. The second-order valence-electron chi connectivity index (χ2n) is 7.44. The van der Waals surface area contributed by atoms with Crippen molar-refractivity contribution in [2.75, 3.05) is 57.9 Å². The van der Waals surface area contributed by atoms with Crippen LogP contribution in [0, 0.1) is 5.92 Å². The number of carbonyl (C=O) groups is 1. The first-order valence-corrected chi connectivity index (χ1v) is 10.1. The number of fused-ring (bicyclic) bond motifs is 3. The van der Waals surface area contributed by atoms with E-state index < -0.39 is 0 Å². The van der Waals surface area contributed by atoms with Crippen LogP contribution < -0.4 is 4.90 Å². The molecule has 1 N–H and O–H groups in total. The molecule has 0 unspecified atom stereocenters. The Kier molecular flexibility index (Phi) is 5.23. The molecule has 0 aliphatic carbocycles. The first kappa shape index (κ1) is 18.2. The van der Waals surface area contributed by atoms with E-state index in [1.807, 2.05) is 18.0 Å². The van der Waals surface area contributed by atoms with E-state index in [1.54, 1.807) is 0 Å². The van der Waals surface area contributed by atoms with Crippen molar-refractivity contribution in [1.82, 2.24) is 9.80 Å². The number of halogens is 1. The van der Waals surface area contributed by atoms with Gasteiger partial charge in [-0.3, -0.25) is 9.69 Å². The summed E-state index contributed by atoms with van der Waals surface area (Å²) in [6.07, 6.45) is 0.932. The second kappa shape index (κ2) is 7.46. The molecule has 0 spiro atoms. The summed E-state index contributed by atoms with van der Waals surface area (Å²) in [5.74, 6) is 0.451. The van der Waals surface area contributed by atoms with Crippen molar-refractivity contribution < 1.29 is 14.6 Å². The molecule has 4 rings (SSSR count). The third-order valence-corrected chi connectivity index (χ3v) is 6.59. The number of aliphatic hydroxyl groups is 1. The molecule has 2 saturated heterocycles. The number of nitrogens with zero attached hydrogens (tertiary/aromatic N) is 3. The van der Waals surface area contributed by atoms with Crippen LogP contribution in [0.3, 0.4) is 0 Å². The van der Waals surface area contributed by atoms with Crippen LogP contribution in [-0.4, -0.2) is 79.9 Å². The number of likely N-dealkylation sites (tertiary alicyclic amines) is 1. The molecule has 3 heterocycles. The van der Waals surface area contributed by atoms with Crippen LogP contribution in [0.1, 0.15) is 18.0 Å². The summed E-state index contributed by atoms with van der Waals surface area (Å²) in [5, 5.41) is 10.00. The topological polar surface area (TPSA) is 56.2 Å². The van der Waals surface area contributed by atoms with Crippen molar-refractivity contribution in [2.24, 2.45) is 5.92 Å². The SMILES string of the molecule is CN1c2ccc(Br)cc2[C@@H]2[C@@H](CCN2C(=O)CN2CCOCC2)[C@H]1CO. The van der Waals surface area contributed by atoms with Crippen molar-refractivity contribution in [3.05, 3.63) is 28.2 Å². The van der Waals surface area contributed by atoms with Crippen molar-refractivity contribution in [1.29, 1.82) is 0 Å². The molecule has 0 saturated carbocycles. The van der Waals surface area contributed by atoms with Gasteiger partial charge in [-0.15, -0.1) is 0 Å². The summed E-state index contributed by atoms with van der Waals surface area (Å²) in [6.45, 7) is 4.36. The van der Waals surface area contributed by atoms with Gasteiger partial charge < -0.3 is 19.6 Å². The van der Waals surface area contributed by atoms with Gasteiger partial charge in [0, 0.05) is 42.8 Å². The maximum absolute atomic E-state index is 13.1. The van der Waals surface area contributed by atoms with Gasteiger partial charge in [0.05, 0.1) is 38.4 Å². The zero-order valence-corrected chi connectivity index (χ0v) is 16.7. The smallest absolute Gasteiger partial charge is 0.237 e. The Morgan fingerprint density at radius 2 is 2.08 bits per heavy atom. The van der Waals surface area contributed by atoms with Gasteiger partial charge in [-0.25, -0.2) is 0 Å². The minimum Gasteiger partial charge on any atom is -0.394 e. The average molecular weight is 424 g/mol. The van der Waals surface area contributed by atoms with Crippen LogP contribution in [0.15, 0.2) is 22.7 Å². The summed E-state index contributed by atoms with van der Waals surface area (Å²) in [4.78, 5) is 19.5. The fraction of sp³-hybridized carbons (Fsp3) is 0.632. The summed E-state index contributed by atoms with van der Waals surface area (Å²) < 4.78 is 6.41. The number of aliphatic hydroxyl groups excluding tert-OH is 1. The molecular formula is C19H26BrN3O3. The largest absolute Gasteiger partial charge is 0.394 e. The summed E-state index contributed by atoms with van der Waals surface area (Å²) in [7, 11) is 2.04. The highest BCUT2D eigenvalue weighted by Crippen LogP contribution is 2.49. The highest BCUT2D eigenvalue weighted by Gasteiger charge is 2.47. The number of hydrogen-bond acceptors (Lipinski definition) is 5.